The lowest BCUT2D eigenvalue weighted by Crippen LogP contribution is -2.01. The average Bonchev–Trinajstić information content (AvgIpc) is 2.30. The van der Waals surface area contributed by atoms with Crippen LogP contribution in [-0.4, -0.2) is 12.2 Å². The van der Waals surface area contributed by atoms with Crippen LogP contribution >= 0.6 is 0 Å². The van der Waals surface area contributed by atoms with Gasteiger partial charge in [0.1, 0.15) is 0 Å². The Morgan fingerprint density at radius 2 is 1.60 bits per heavy atom. The molecule has 0 unspecified atom stereocenters. The van der Waals surface area contributed by atoms with E-state index in [-0.39, 0.29) is 0 Å². The summed E-state index contributed by atoms with van der Waals surface area (Å²) in [5, 5.41) is 9.27. The highest BCUT2D eigenvalue weighted by Crippen LogP contribution is 2.29. The molecule has 0 saturated carbocycles. The molecule has 2 nitrogen and oxygen atoms in total. The van der Waals surface area contributed by atoms with Crippen LogP contribution in [0.3, 0.4) is 0 Å². The predicted octanol–water partition coefficient (Wildman–Crippen LogP) is 3.40. The molecule has 0 atom stereocenters. The lowest BCUT2D eigenvalue weighted by atomic mass is 9.91. The van der Waals surface area contributed by atoms with Gasteiger partial charge in [0.25, 0.3) is 0 Å². The number of rotatable bonds is 2. The largest absolute Gasteiger partial charge is 0.512 e. The Morgan fingerprint density at radius 3 is 2.07 bits per heavy atom. The molecule has 0 bridgehead atoms. The molecule has 2 aliphatic rings. The summed E-state index contributed by atoms with van der Waals surface area (Å²) in [6.45, 7) is 0. The molecule has 0 heterocycles. The molecule has 2 rings (SSSR count). The minimum absolute atomic E-state index is 0.489. The summed E-state index contributed by atoms with van der Waals surface area (Å²) >= 11 is 0. The van der Waals surface area contributed by atoms with Gasteiger partial charge in [-0.25, -0.2) is 0 Å². The van der Waals surface area contributed by atoms with E-state index in [1.54, 1.807) is 13.2 Å². The monoisotopic (exact) mass is 204 g/mol. The molecular formula is C13H16O2. The van der Waals surface area contributed by atoms with Gasteiger partial charge >= 0.3 is 0 Å². The maximum absolute atomic E-state index is 9.27. The number of methoxy groups -OCH3 is 1. The lowest BCUT2D eigenvalue weighted by molar-refractivity contribution is 0.276. The Balaban J connectivity index is 2.13. The van der Waals surface area contributed by atoms with Gasteiger partial charge in [0, 0.05) is 12.8 Å². The van der Waals surface area contributed by atoms with E-state index < -0.39 is 0 Å². The zero-order chi connectivity index (χ0) is 10.7. The van der Waals surface area contributed by atoms with Crippen molar-refractivity contribution in [3.8, 4) is 0 Å². The fourth-order valence-electron chi connectivity index (χ4n) is 1.95. The molecule has 0 amide bonds. The second kappa shape index (κ2) is 4.39. The van der Waals surface area contributed by atoms with Crippen molar-refractivity contribution in [2.24, 2.45) is 0 Å². The zero-order valence-corrected chi connectivity index (χ0v) is 8.99. The van der Waals surface area contributed by atoms with Gasteiger partial charge in [0.05, 0.1) is 18.6 Å². The summed E-state index contributed by atoms with van der Waals surface area (Å²) < 4.78 is 5.19. The fourth-order valence-corrected chi connectivity index (χ4v) is 1.95. The highest BCUT2D eigenvalue weighted by molar-refractivity contribution is 5.41. The molecule has 15 heavy (non-hydrogen) atoms. The van der Waals surface area contributed by atoms with Gasteiger partial charge in [-0.3, -0.25) is 0 Å². The molecular weight excluding hydrogens is 188 g/mol. The van der Waals surface area contributed by atoms with Crippen molar-refractivity contribution >= 4 is 0 Å². The number of ether oxygens (including phenoxy) is 1. The predicted molar refractivity (Wildman–Crippen MR) is 60.4 cm³/mol. The fraction of sp³-hybridized carbons (Fsp3) is 0.385. The van der Waals surface area contributed by atoms with Crippen LogP contribution in [-0.2, 0) is 4.74 Å². The molecule has 0 aromatic heterocycles. The number of hydrogen-bond donors (Lipinski definition) is 1. The van der Waals surface area contributed by atoms with Crippen molar-refractivity contribution in [3.05, 3.63) is 47.0 Å². The van der Waals surface area contributed by atoms with Crippen LogP contribution in [0.4, 0.5) is 0 Å². The van der Waals surface area contributed by atoms with E-state index in [1.807, 2.05) is 12.2 Å². The van der Waals surface area contributed by atoms with Crippen LogP contribution in [0.15, 0.2) is 47.0 Å². The quantitative estimate of drug-likeness (QED) is 0.747. The van der Waals surface area contributed by atoms with Crippen LogP contribution in [0.5, 0.6) is 0 Å². The van der Waals surface area contributed by atoms with Crippen LogP contribution in [0.2, 0.25) is 0 Å². The molecule has 0 aliphatic heterocycles. The van der Waals surface area contributed by atoms with E-state index in [4.69, 9.17) is 4.74 Å². The van der Waals surface area contributed by atoms with E-state index in [0.717, 1.165) is 31.4 Å². The minimum atomic E-state index is 0.489. The van der Waals surface area contributed by atoms with Gasteiger partial charge in [0.15, 0.2) is 0 Å². The first-order valence-corrected chi connectivity index (χ1v) is 5.32. The highest BCUT2D eigenvalue weighted by atomic mass is 16.5. The number of hydrogen-bond acceptors (Lipinski definition) is 2. The SMILES string of the molecule is COC1=CC=C(C2=CC=C(O)CC2)CC1. The highest BCUT2D eigenvalue weighted by Gasteiger charge is 2.12. The Morgan fingerprint density at radius 1 is 0.933 bits per heavy atom. The summed E-state index contributed by atoms with van der Waals surface area (Å²) in [7, 11) is 1.71. The van der Waals surface area contributed by atoms with Crippen LogP contribution < -0.4 is 0 Å². The molecule has 0 fully saturated rings. The van der Waals surface area contributed by atoms with E-state index in [0.29, 0.717) is 5.76 Å². The number of aliphatic hydroxyl groups is 1. The number of aliphatic hydroxyl groups excluding tert-OH is 1. The first-order chi connectivity index (χ1) is 7.29. The second-order valence-corrected chi connectivity index (χ2v) is 3.88. The van der Waals surface area contributed by atoms with Crippen molar-refractivity contribution in [2.75, 3.05) is 7.11 Å². The van der Waals surface area contributed by atoms with E-state index in [1.165, 1.54) is 11.1 Å². The Hall–Kier alpha value is -1.44. The first kappa shape index (κ1) is 10.1. The summed E-state index contributed by atoms with van der Waals surface area (Å²) in [6, 6.07) is 0. The molecule has 0 radical (unpaired) electrons. The van der Waals surface area contributed by atoms with Crippen molar-refractivity contribution in [3.63, 3.8) is 0 Å². The molecule has 0 spiro atoms. The summed E-state index contributed by atoms with van der Waals surface area (Å²) in [5.41, 5.74) is 2.72. The summed E-state index contributed by atoms with van der Waals surface area (Å²) in [4.78, 5) is 0. The van der Waals surface area contributed by atoms with Crippen molar-refractivity contribution in [1.82, 2.24) is 0 Å². The van der Waals surface area contributed by atoms with Crippen molar-refractivity contribution in [1.29, 1.82) is 0 Å². The third kappa shape index (κ3) is 2.32. The Kier molecular flexibility index (Phi) is 2.95. The number of allylic oxidation sites excluding steroid dienone is 8. The van der Waals surface area contributed by atoms with Gasteiger partial charge in [-0.15, -0.1) is 0 Å². The molecule has 0 saturated heterocycles. The zero-order valence-electron chi connectivity index (χ0n) is 8.99. The summed E-state index contributed by atoms with van der Waals surface area (Å²) in [5.74, 6) is 1.54. The minimum Gasteiger partial charge on any atom is -0.512 e. The Bertz CT molecular complexity index is 370. The van der Waals surface area contributed by atoms with E-state index >= 15 is 0 Å². The maximum Gasteiger partial charge on any atom is 0.0958 e. The van der Waals surface area contributed by atoms with Gasteiger partial charge in [-0.05, 0) is 36.1 Å². The van der Waals surface area contributed by atoms with Crippen LogP contribution in [0.25, 0.3) is 0 Å². The molecule has 1 N–H and O–H groups in total. The molecule has 0 aromatic rings. The van der Waals surface area contributed by atoms with Gasteiger partial charge in [0.2, 0.25) is 0 Å². The molecule has 80 valence electrons. The topological polar surface area (TPSA) is 29.5 Å². The van der Waals surface area contributed by atoms with Gasteiger partial charge in [-0.2, -0.15) is 0 Å². The average molecular weight is 204 g/mol. The van der Waals surface area contributed by atoms with Crippen LogP contribution in [0, 0.1) is 0 Å². The van der Waals surface area contributed by atoms with Crippen LogP contribution in [0.1, 0.15) is 25.7 Å². The van der Waals surface area contributed by atoms with Gasteiger partial charge < -0.3 is 9.84 Å². The summed E-state index contributed by atoms with van der Waals surface area (Å²) in [6.07, 6.45) is 11.7. The normalized spacial score (nSPS) is 21.1. The van der Waals surface area contributed by atoms with Gasteiger partial charge in [-0.1, -0.05) is 12.2 Å². The Labute approximate surface area is 90.3 Å². The third-order valence-corrected chi connectivity index (χ3v) is 2.91. The molecule has 2 aliphatic carbocycles. The third-order valence-electron chi connectivity index (χ3n) is 2.91. The van der Waals surface area contributed by atoms with Crippen molar-refractivity contribution < 1.29 is 9.84 Å². The van der Waals surface area contributed by atoms with E-state index in [9.17, 15) is 5.11 Å². The molecule has 2 heteroatoms. The lowest BCUT2D eigenvalue weighted by Gasteiger charge is -2.18. The molecule has 0 aromatic carbocycles. The van der Waals surface area contributed by atoms with E-state index in [2.05, 4.69) is 6.08 Å². The standard InChI is InChI=1S/C13H16O2/c1-15-13-8-4-11(5-9-13)10-2-6-12(14)7-3-10/h2,4,6,8,14H,3,5,7,9H2,1H3. The smallest absolute Gasteiger partial charge is 0.0958 e. The second-order valence-electron chi connectivity index (χ2n) is 3.88. The maximum atomic E-state index is 9.27. The first-order valence-electron chi connectivity index (χ1n) is 5.32. The van der Waals surface area contributed by atoms with Crippen molar-refractivity contribution in [2.45, 2.75) is 25.7 Å².